The summed E-state index contributed by atoms with van der Waals surface area (Å²) in [5, 5.41) is 4.50. The van der Waals surface area contributed by atoms with Crippen LogP contribution >= 0.6 is 0 Å². The van der Waals surface area contributed by atoms with E-state index in [2.05, 4.69) is 34.1 Å². The predicted octanol–water partition coefficient (Wildman–Crippen LogP) is 3.66. The molecule has 6 heteroatoms. The second-order valence-electron chi connectivity index (χ2n) is 6.11. The molecule has 0 saturated heterocycles. The van der Waals surface area contributed by atoms with Crippen molar-refractivity contribution in [3.8, 4) is 0 Å². The van der Waals surface area contributed by atoms with E-state index in [1.165, 1.54) is 5.56 Å². The van der Waals surface area contributed by atoms with Gasteiger partial charge in [0, 0.05) is 0 Å². The molecule has 0 aliphatic carbocycles. The summed E-state index contributed by atoms with van der Waals surface area (Å²) in [6.45, 7) is 6.32. The van der Waals surface area contributed by atoms with E-state index in [9.17, 15) is 8.42 Å². The van der Waals surface area contributed by atoms with Crippen molar-refractivity contribution in [1.29, 1.82) is 0 Å². The van der Waals surface area contributed by atoms with Crippen molar-refractivity contribution in [2.45, 2.75) is 32.2 Å². The van der Waals surface area contributed by atoms with E-state index in [1.807, 2.05) is 25.5 Å². The molecule has 1 N–H and O–H groups in total. The molecule has 0 unspecified atom stereocenters. The zero-order valence-corrected chi connectivity index (χ0v) is 15.3. The monoisotopic (exact) mass is 355 g/mol. The molecular formula is C19H21N3O2S. The molecule has 1 aromatic heterocycles. The highest BCUT2D eigenvalue weighted by molar-refractivity contribution is 7.92. The highest BCUT2D eigenvalue weighted by Crippen LogP contribution is 2.24. The first kappa shape index (κ1) is 17.2. The second-order valence-corrected chi connectivity index (χ2v) is 7.79. The Morgan fingerprint density at radius 3 is 2.24 bits per heavy atom. The van der Waals surface area contributed by atoms with E-state index < -0.39 is 10.0 Å². The molecule has 0 atom stereocenters. The summed E-state index contributed by atoms with van der Waals surface area (Å²) in [5.74, 6) is 0. The van der Waals surface area contributed by atoms with Gasteiger partial charge >= 0.3 is 0 Å². The molecular weight excluding hydrogens is 334 g/mol. The average Bonchev–Trinajstić information content (AvgIpc) is 2.85. The summed E-state index contributed by atoms with van der Waals surface area (Å²) in [7, 11) is -3.63. The highest BCUT2D eigenvalue weighted by atomic mass is 32.2. The lowest BCUT2D eigenvalue weighted by Crippen LogP contribution is -2.14. The van der Waals surface area contributed by atoms with Gasteiger partial charge in [-0.1, -0.05) is 48.0 Å². The molecule has 130 valence electrons. The Morgan fingerprint density at radius 1 is 0.960 bits per heavy atom. The van der Waals surface area contributed by atoms with Gasteiger partial charge in [0.25, 0.3) is 10.0 Å². The fourth-order valence-electron chi connectivity index (χ4n) is 2.66. The Kier molecular flexibility index (Phi) is 4.63. The fourth-order valence-corrected chi connectivity index (χ4v) is 3.86. The third-order valence-electron chi connectivity index (χ3n) is 4.12. The summed E-state index contributed by atoms with van der Waals surface area (Å²) in [6, 6.07) is 16.6. The average molecular weight is 355 g/mol. The van der Waals surface area contributed by atoms with Gasteiger partial charge in [-0.3, -0.25) is 9.40 Å². The van der Waals surface area contributed by atoms with E-state index in [0.717, 1.165) is 11.3 Å². The van der Waals surface area contributed by atoms with Crippen LogP contribution in [0.2, 0.25) is 0 Å². The number of hydrogen-bond acceptors (Lipinski definition) is 3. The van der Waals surface area contributed by atoms with Crippen molar-refractivity contribution < 1.29 is 8.42 Å². The van der Waals surface area contributed by atoms with Gasteiger partial charge < -0.3 is 0 Å². The van der Waals surface area contributed by atoms with Gasteiger partial charge in [-0.2, -0.15) is 5.10 Å². The van der Waals surface area contributed by atoms with Crippen molar-refractivity contribution in [2.75, 3.05) is 4.72 Å². The molecule has 5 nitrogen and oxygen atoms in total. The SMILES string of the molecule is Cc1ccc(Cn2nc(C)c(NS(=O)(=O)c3ccccc3)c2C)cc1. The number of aryl methyl sites for hydroxylation is 2. The van der Waals surface area contributed by atoms with Crippen LogP contribution in [0.5, 0.6) is 0 Å². The molecule has 0 saturated carbocycles. The summed E-state index contributed by atoms with van der Waals surface area (Å²) in [6.07, 6.45) is 0. The van der Waals surface area contributed by atoms with Crippen LogP contribution in [0.1, 0.15) is 22.5 Å². The Bertz CT molecular complexity index is 976. The third-order valence-corrected chi connectivity index (χ3v) is 5.49. The molecule has 0 spiro atoms. The highest BCUT2D eigenvalue weighted by Gasteiger charge is 2.19. The van der Waals surface area contributed by atoms with Crippen LogP contribution in [0.15, 0.2) is 59.5 Å². The summed E-state index contributed by atoms with van der Waals surface area (Å²) in [4.78, 5) is 0.236. The first-order chi connectivity index (χ1) is 11.9. The Hall–Kier alpha value is -2.60. The molecule has 2 aromatic carbocycles. The Morgan fingerprint density at radius 2 is 1.60 bits per heavy atom. The van der Waals surface area contributed by atoms with Gasteiger partial charge in [-0.25, -0.2) is 8.42 Å². The van der Waals surface area contributed by atoms with Crippen molar-refractivity contribution in [1.82, 2.24) is 9.78 Å². The maximum absolute atomic E-state index is 12.6. The van der Waals surface area contributed by atoms with Crippen LogP contribution < -0.4 is 4.72 Å². The van der Waals surface area contributed by atoms with Crippen molar-refractivity contribution in [3.63, 3.8) is 0 Å². The summed E-state index contributed by atoms with van der Waals surface area (Å²) >= 11 is 0. The summed E-state index contributed by atoms with van der Waals surface area (Å²) < 4.78 is 29.6. The molecule has 3 rings (SSSR count). The van der Waals surface area contributed by atoms with Crippen LogP contribution in [0.25, 0.3) is 0 Å². The number of nitrogens with zero attached hydrogens (tertiary/aromatic N) is 2. The van der Waals surface area contributed by atoms with Crippen LogP contribution in [-0.2, 0) is 16.6 Å². The van der Waals surface area contributed by atoms with Crippen LogP contribution in [0, 0.1) is 20.8 Å². The van der Waals surface area contributed by atoms with Gasteiger partial charge in [0.15, 0.2) is 0 Å². The number of nitrogens with one attached hydrogen (secondary N) is 1. The van der Waals surface area contributed by atoms with Crippen LogP contribution in [0.4, 0.5) is 5.69 Å². The standard InChI is InChI=1S/C19H21N3O2S/c1-14-9-11-17(12-10-14)13-22-16(3)19(15(2)20-22)21-25(23,24)18-7-5-4-6-8-18/h4-12,21H,13H2,1-3H3. The molecule has 0 aliphatic heterocycles. The van der Waals surface area contributed by atoms with E-state index in [1.54, 1.807) is 30.3 Å². The Balaban J connectivity index is 1.88. The third kappa shape index (κ3) is 3.74. The van der Waals surface area contributed by atoms with Gasteiger partial charge in [-0.05, 0) is 38.5 Å². The number of anilines is 1. The van der Waals surface area contributed by atoms with Crippen molar-refractivity contribution in [3.05, 3.63) is 77.1 Å². The van der Waals surface area contributed by atoms with Crippen molar-refractivity contribution >= 4 is 15.7 Å². The topological polar surface area (TPSA) is 64.0 Å². The Labute approximate surface area is 148 Å². The maximum Gasteiger partial charge on any atom is 0.262 e. The van der Waals surface area contributed by atoms with E-state index >= 15 is 0 Å². The van der Waals surface area contributed by atoms with Gasteiger partial charge in [0.1, 0.15) is 0 Å². The van der Waals surface area contributed by atoms with Gasteiger partial charge in [0.2, 0.25) is 0 Å². The summed E-state index contributed by atoms with van der Waals surface area (Å²) in [5.41, 5.74) is 4.31. The van der Waals surface area contributed by atoms with Gasteiger partial charge in [-0.15, -0.1) is 0 Å². The maximum atomic E-state index is 12.6. The minimum atomic E-state index is -3.63. The molecule has 0 bridgehead atoms. The number of aromatic nitrogens is 2. The first-order valence-electron chi connectivity index (χ1n) is 8.04. The number of rotatable bonds is 5. The van der Waals surface area contributed by atoms with Crippen LogP contribution in [0.3, 0.4) is 0 Å². The molecule has 1 heterocycles. The minimum Gasteiger partial charge on any atom is -0.276 e. The van der Waals surface area contributed by atoms with E-state index in [4.69, 9.17) is 0 Å². The molecule has 0 radical (unpaired) electrons. The number of sulfonamides is 1. The lowest BCUT2D eigenvalue weighted by atomic mass is 10.1. The molecule has 25 heavy (non-hydrogen) atoms. The molecule has 0 amide bonds. The minimum absolute atomic E-state index is 0.236. The van der Waals surface area contributed by atoms with Crippen LogP contribution in [-0.4, -0.2) is 18.2 Å². The predicted molar refractivity (Wildman–Crippen MR) is 99.2 cm³/mol. The molecule has 0 fully saturated rings. The first-order valence-corrected chi connectivity index (χ1v) is 9.52. The quantitative estimate of drug-likeness (QED) is 0.760. The molecule has 0 aliphatic rings. The second kappa shape index (κ2) is 6.72. The van der Waals surface area contributed by atoms with E-state index in [-0.39, 0.29) is 4.90 Å². The lowest BCUT2D eigenvalue weighted by molar-refractivity contribution is 0.601. The number of benzene rings is 2. The van der Waals surface area contributed by atoms with Crippen molar-refractivity contribution in [2.24, 2.45) is 0 Å². The zero-order valence-electron chi connectivity index (χ0n) is 14.5. The largest absolute Gasteiger partial charge is 0.276 e. The zero-order chi connectivity index (χ0) is 18.0. The van der Waals surface area contributed by atoms with Gasteiger partial charge in [0.05, 0.1) is 28.5 Å². The smallest absolute Gasteiger partial charge is 0.262 e. The molecule has 3 aromatic rings. The lowest BCUT2D eigenvalue weighted by Gasteiger charge is -2.09. The fraction of sp³-hybridized carbons (Fsp3) is 0.211. The van der Waals surface area contributed by atoms with E-state index in [0.29, 0.717) is 17.9 Å². The number of hydrogen-bond donors (Lipinski definition) is 1. The normalized spacial score (nSPS) is 11.5.